The summed E-state index contributed by atoms with van der Waals surface area (Å²) in [5.74, 6) is 0.674. The van der Waals surface area contributed by atoms with Crippen LogP contribution in [0.1, 0.15) is 18.9 Å². The maximum atomic E-state index is 12.1. The summed E-state index contributed by atoms with van der Waals surface area (Å²) in [5, 5.41) is 3.18. The highest BCUT2D eigenvalue weighted by Crippen LogP contribution is 2.31. The largest absolute Gasteiger partial charge is 0.399 e. The van der Waals surface area contributed by atoms with Crippen molar-refractivity contribution >= 4 is 17.3 Å². The van der Waals surface area contributed by atoms with E-state index >= 15 is 0 Å². The highest BCUT2D eigenvalue weighted by Gasteiger charge is 2.28. The van der Waals surface area contributed by atoms with Gasteiger partial charge in [-0.2, -0.15) is 0 Å². The summed E-state index contributed by atoms with van der Waals surface area (Å²) in [7, 11) is 1.95. The summed E-state index contributed by atoms with van der Waals surface area (Å²) < 4.78 is 0. The molecule has 0 aliphatic carbocycles. The maximum Gasteiger partial charge on any atom is 0.231 e. The molecule has 1 amide bonds. The Hall–Kier alpha value is -1.55. The molecule has 0 spiro atoms. The average molecular weight is 247 g/mol. The van der Waals surface area contributed by atoms with E-state index in [1.54, 1.807) is 0 Å². The molecular formula is C14H21N3O. The standard InChI is InChI=1S/C14H21N3O/c1-3-10(8-16-2)9-17-13-5-4-12(15)6-11(13)7-14(17)18/h4-6,10,16H,3,7-9,15H2,1-2H3. The Labute approximate surface area is 108 Å². The molecule has 4 heteroatoms. The summed E-state index contributed by atoms with van der Waals surface area (Å²) >= 11 is 0. The molecule has 18 heavy (non-hydrogen) atoms. The minimum atomic E-state index is 0.185. The number of fused-ring (bicyclic) bond motifs is 1. The molecule has 3 N–H and O–H groups in total. The van der Waals surface area contributed by atoms with Crippen molar-refractivity contribution in [3.63, 3.8) is 0 Å². The van der Waals surface area contributed by atoms with Gasteiger partial charge in [-0.1, -0.05) is 13.3 Å². The van der Waals surface area contributed by atoms with Crippen molar-refractivity contribution < 1.29 is 4.79 Å². The van der Waals surface area contributed by atoms with E-state index in [1.165, 1.54) is 0 Å². The van der Waals surface area contributed by atoms with Crippen LogP contribution in [0.15, 0.2) is 18.2 Å². The number of hydrogen-bond acceptors (Lipinski definition) is 3. The first-order valence-electron chi connectivity index (χ1n) is 6.49. The molecule has 0 fully saturated rings. The van der Waals surface area contributed by atoms with Crippen molar-refractivity contribution in [3.05, 3.63) is 23.8 Å². The smallest absolute Gasteiger partial charge is 0.231 e. The molecule has 2 rings (SSSR count). The van der Waals surface area contributed by atoms with Gasteiger partial charge < -0.3 is 16.0 Å². The third-order valence-electron chi connectivity index (χ3n) is 3.55. The van der Waals surface area contributed by atoms with Crippen molar-refractivity contribution in [1.29, 1.82) is 0 Å². The molecule has 1 aromatic carbocycles. The molecule has 0 aromatic heterocycles. The monoisotopic (exact) mass is 247 g/mol. The van der Waals surface area contributed by atoms with Gasteiger partial charge in [0.15, 0.2) is 0 Å². The zero-order chi connectivity index (χ0) is 13.1. The van der Waals surface area contributed by atoms with Gasteiger partial charge in [-0.15, -0.1) is 0 Å². The fraction of sp³-hybridized carbons (Fsp3) is 0.500. The highest BCUT2D eigenvalue weighted by molar-refractivity contribution is 6.01. The Morgan fingerprint density at radius 2 is 2.28 bits per heavy atom. The zero-order valence-electron chi connectivity index (χ0n) is 11.1. The van der Waals surface area contributed by atoms with Gasteiger partial charge >= 0.3 is 0 Å². The first-order valence-corrected chi connectivity index (χ1v) is 6.49. The Kier molecular flexibility index (Phi) is 3.87. The normalized spacial score (nSPS) is 15.9. The molecule has 1 atom stereocenters. The van der Waals surface area contributed by atoms with E-state index < -0.39 is 0 Å². The summed E-state index contributed by atoms with van der Waals surface area (Å²) in [6, 6.07) is 5.73. The van der Waals surface area contributed by atoms with Crippen LogP contribution in [0.3, 0.4) is 0 Å². The fourth-order valence-electron chi connectivity index (χ4n) is 2.49. The van der Waals surface area contributed by atoms with Crippen molar-refractivity contribution in [2.24, 2.45) is 5.92 Å². The third-order valence-corrected chi connectivity index (χ3v) is 3.55. The molecule has 1 unspecified atom stereocenters. The lowest BCUT2D eigenvalue weighted by atomic mass is 10.1. The molecule has 1 aliphatic heterocycles. The average Bonchev–Trinajstić information content (AvgIpc) is 2.64. The zero-order valence-corrected chi connectivity index (χ0v) is 11.1. The second kappa shape index (κ2) is 5.40. The number of amides is 1. The van der Waals surface area contributed by atoms with Gasteiger partial charge in [0.1, 0.15) is 0 Å². The van der Waals surface area contributed by atoms with E-state index in [-0.39, 0.29) is 5.91 Å². The topological polar surface area (TPSA) is 58.4 Å². The molecule has 1 heterocycles. The van der Waals surface area contributed by atoms with Crippen molar-refractivity contribution in [1.82, 2.24) is 5.32 Å². The van der Waals surface area contributed by atoms with Crippen LogP contribution in [0.5, 0.6) is 0 Å². The summed E-state index contributed by atoms with van der Waals surface area (Å²) in [6.45, 7) is 3.88. The lowest BCUT2D eigenvalue weighted by molar-refractivity contribution is -0.117. The van der Waals surface area contributed by atoms with Crippen LogP contribution < -0.4 is 16.0 Å². The van der Waals surface area contributed by atoms with Gasteiger partial charge in [-0.25, -0.2) is 0 Å². The summed E-state index contributed by atoms with van der Waals surface area (Å²) in [6.07, 6.45) is 1.55. The van der Waals surface area contributed by atoms with E-state index in [1.807, 2.05) is 30.1 Å². The van der Waals surface area contributed by atoms with Gasteiger partial charge in [0.2, 0.25) is 5.91 Å². The van der Waals surface area contributed by atoms with Gasteiger partial charge in [0.05, 0.1) is 6.42 Å². The maximum absolute atomic E-state index is 12.1. The second-order valence-electron chi connectivity index (χ2n) is 4.90. The number of rotatable bonds is 5. The third kappa shape index (κ3) is 2.48. The van der Waals surface area contributed by atoms with E-state index in [0.717, 1.165) is 36.4 Å². The predicted molar refractivity (Wildman–Crippen MR) is 74.6 cm³/mol. The molecule has 0 saturated carbocycles. The van der Waals surface area contributed by atoms with Crippen molar-refractivity contribution in [2.75, 3.05) is 30.8 Å². The quantitative estimate of drug-likeness (QED) is 0.773. The van der Waals surface area contributed by atoms with E-state index in [2.05, 4.69) is 12.2 Å². The lowest BCUT2D eigenvalue weighted by Crippen LogP contribution is -2.35. The summed E-state index contributed by atoms with van der Waals surface area (Å²) in [5.41, 5.74) is 8.57. The van der Waals surface area contributed by atoms with Gasteiger partial charge in [-0.05, 0) is 43.3 Å². The Balaban J connectivity index is 2.17. The van der Waals surface area contributed by atoms with Gasteiger partial charge in [0.25, 0.3) is 0 Å². The van der Waals surface area contributed by atoms with Crippen LogP contribution in [0, 0.1) is 5.92 Å². The van der Waals surface area contributed by atoms with Crippen LogP contribution >= 0.6 is 0 Å². The van der Waals surface area contributed by atoms with Gasteiger partial charge in [-0.3, -0.25) is 4.79 Å². The Morgan fingerprint density at radius 1 is 1.50 bits per heavy atom. The minimum absolute atomic E-state index is 0.185. The summed E-state index contributed by atoms with van der Waals surface area (Å²) in [4.78, 5) is 14.0. The molecule has 0 bridgehead atoms. The fourth-order valence-corrected chi connectivity index (χ4v) is 2.49. The molecule has 98 valence electrons. The number of nitrogens with one attached hydrogen (secondary N) is 1. The van der Waals surface area contributed by atoms with Gasteiger partial charge in [0, 0.05) is 17.9 Å². The van der Waals surface area contributed by atoms with Crippen molar-refractivity contribution in [3.8, 4) is 0 Å². The molecule has 1 aliphatic rings. The second-order valence-corrected chi connectivity index (χ2v) is 4.90. The first kappa shape index (κ1) is 12.9. The number of hydrogen-bond donors (Lipinski definition) is 2. The minimum Gasteiger partial charge on any atom is -0.399 e. The number of nitrogens with two attached hydrogens (primary N) is 1. The molecule has 0 radical (unpaired) electrons. The van der Waals surface area contributed by atoms with Crippen LogP contribution in [-0.4, -0.2) is 26.0 Å². The number of carbonyl (C=O) groups excluding carboxylic acids is 1. The number of carbonyl (C=O) groups is 1. The van der Waals surface area contributed by atoms with Crippen LogP contribution in [0.4, 0.5) is 11.4 Å². The molecular weight excluding hydrogens is 226 g/mol. The molecule has 4 nitrogen and oxygen atoms in total. The number of benzene rings is 1. The SMILES string of the molecule is CCC(CNC)CN1C(=O)Cc2cc(N)ccc21. The van der Waals surface area contributed by atoms with Crippen LogP contribution in [-0.2, 0) is 11.2 Å². The first-order chi connectivity index (χ1) is 8.65. The van der Waals surface area contributed by atoms with Crippen LogP contribution in [0.25, 0.3) is 0 Å². The van der Waals surface area contributed by atoms with E-state index in [0.29, 0.717) is 12.3 Å². The lowest BCUT2D eigenvalue weighted by Gasteiger charge is -2.23. The van der Waals surface area contributed by atoms with Crippen LogP contribution in [0.2, 0.25) is 0 Å². The number of nitrogen functional groups attached to an aromatic ring is 1. The molecule has 1 aromatic rings. The Bertz CT molecular complexity index is 445. The van der Waals surface area contributed by atoms with Crippen molar-refractivity contribution in [2.45, 2.75) is 19.8 Å². The molecule has 0 saturated heterocycles. The predicted octanol–water partition coefficient (Wildman–Crippen LogP) is 1.40. The van der Waals surface area contributed by atoms with E-state index in [4.69, 9.17) is 5.73 Å². The number of nitrogens with zero attached hydrogens (tertiary/aromatic N) is 1. The van der Waals surface area contributed by atoms with E-state index in [9.17, 15) is 4.79 Å². The highest BCUT2D eigenvalue weighted by atomic mass is 16.2. The number of anilines is 2. The Morgan fingerprint density at radius 3 is 2.94 bits per heavy atom.